The summed E-state index contributed by atoms with van der Waals surface area (Å²) >= 11 is 0. The molecule has 0 unspecified atom stereocenters. The number of hydrogen-bond donors (Lipinski definition) is 0. The zero-order chi connectivity index (χ0) is 17.8. The maximum Gasteiger partial charge on any atom is 0.274 e. The molecule has 0 aliphatic heterocycles. The first kappa shape index (κ1) is 16.7. The maximum absolute atomic E-state index is 12.6. The van der Waals surface area contributed by atoms with Crippen molar-refractivity contribution >= 4 is 5.91 Å². The molecular formula is C19H19N3O3. The van der Waals surface area contributed by atoms with Gasteiger partial charge >= 0.3 is 0 Å². The molecule has 1 amide bonds. The molecule has 3 rings (SSSR count). The van der Waals surface area contributed by atoms with Crippen LogP contribution in [-0.4, -0.2) is 27.6 Å². The first-order valence-corrected chi connectivity index (χ1v) is 7.96. The van der Waals surface area contributed by atoms with Crippen molar-refractivity contribution in [2.24, 2.45) is 0 Å². The van der Waals surface area contributed by atoms with Crippen molar-refractivity contribution in [1.82, 2.24) is 14.7 Å². The van der Waals surface area contributed by atoms with Crippen molar-refractivity contribution in [2.75, 3.05) is 7.05 Å². The Labute approximate surface area is 145 Å². The van der Waals surface area contributed by atoms with Crippen LogP contribution in [0.2, 0.25) is 0 Å². The number of hydrogen-bond acceptors (Lipinski definition) is 4. The van der Waals surface area contributed by atoms with E-state index < -0.39 is 0 Å². The molecule has 25 heavy (non-hydrogen) atoms. The standard InChI is InChI=1S/C19H19N3O3/c1-14-8-9-16(25-14)13-21(2)19(24)17-10-11-18(23)22(20-17)12-15-6-4-3-5-7-15/h3-11H,12-13H2,1-2H3. The predicted molar refractivity (Wildman–Crippen MR) is 93.3 cm³/mol. The molecule has 0 N–H and O–H groups in total. The number of amides is 1. The topological polar surface area (TPSA) is 68.3 Å². The van der Waals surface area contributed by atoms with Gasteiger partial charge in [0, 0.05) is 13.1 Å². The van der Waals surface area contributed by atoms with Crippen LogP contribution in [0.4, 0.5) is 0 Å². The lowest BCUT2D eigenvalue weighted by atomic mass is 10.2. The number of carbonyl (C=O) groups is 1. The Morgan fingerprint density at radius 1 is 1.12 bits per heavy atom. The van der Waals surface area contributed by atoms with E-state index in [-0.39, 0.29) is 17.2 Å². The number of aromatic nitrogens is 2. The number of rotatable bonds is 5. The lowest BCUT2D eigenvalue weighted by Gasteiger charge is -2.15. The van der Waals surface area contributed by atoms with E-state index in [9.17, 15) is 9.59 Å². The lowest BCUT2D eigenvalue weighted by molar-refractivity contribution is 0.0766. The molecule has 0 atom stereocenters. The van der Waals surface area contributed by atoms with Gasteiger partial charge in [0.1, 0.15) is 17.2 Å². The molecule has 0 bridgehead atoms. The minimum Gasteiger partial charge on any atom is -0.464 e. The molecule has 0 spiro atoms. The fraction of sp³-hybridized carbons (Fsp3) is 0.211. The third kappa shape index (κ3) is 4.03. The maximum atomic E-state index is 12.6. The third-order valence-electron chi connectivity index (χ3n) is 3.80. The second-order valence-electron chi connectivity index (χ2n) is 5.87. The van der Waals surface area contributed by atoms with Crippen molar-refractivity contribution in [3.05, 3.63) is 87.7 Å². The molecule has 0 aliphatic carbocycles. The fourth-order valence-electron chi connectivity index (χ4n) is 2.50. The Hall–Kier alpha value is -3.15. The van der Waals surface area contributed by atoms with Crippen LogP contribution < -0.4 is 5.56 Å². The van der Waals surface area contributed by atoms with Crippen LogP contribution in [0, 0.1) is 6.92 Å². The van der Waals surface area contributed by atoms with Gasteiger partial charge in [-0.05, 0) is 30.7 Å². The van der Waals surface area contributed by atoms with Crippen LogP contribution >= 0.6 is 0 Å². The van der Waals surface area contributed by atoms with E-state index in [1.54, 1.807) is 7.05 Å². The minimum atomic E-state index is -0.268. The van der Waals surface area contributed by atoms with E-state index in [0.717, 1.165) is 11.3 Å². The van der Waals surface area contributed by atoms with Gasteiger partial charge in [-0.2, -0.15) is 5.10 Å². The van der Waals surface area contributed by atoms with Gasteiger partial charge in [-0.1, -0.05) is 30.3 Å². The average Bonchev–Trinajstić information content (AvgIpc) is 3.02. The molecule has 0 saturated carbocycles. The monoisotopic (exact) mass is 337 g/mol. The molecule has 2 aromatic heterocycles. The Balaban J connectivity index is 1.78. The summed E-state index contributed by atoms with van der Waals surface area (Å²) in [4.78, 5) is 26.1. The highest BCUT2D eigenvalue weighted by atomic mass is 16.3. The lowest BCUT2D eigenvalue weighted by Crippen LogP contribution is -2.31. The highest BCUT2D eigenvalue weighted by molar-refractivity contribution is 5.91. The van der Waals surface area contributed by atoms with Gasteiger partial charge in [0.15, 0.2) is 0 Å². The van der Waals surface area contributed by atoms with Gasteiger partial charge in [-0.25, -0.2) is 4.68 Å². The van der Waals surface area contributed by atoms with E-state index >= 15 is 0 Å². The van der Waals surface area contributed by atoms with Gasteiger partial charge < -0.3 is 9.32 Å². The van der Waals surface area contributed by atoms with Crippen molar-refractivity contribution in [3.63, 3.8) is 0 Å². The van der Waals surface area contributed by atoms with Crippen LogP contribution in [0.25, 0.3) is 0 Å². The smallest absolute Gasteiger partial charge is 0.274 e. The molecular weight excluding hydrogens is 318 g/mol. The summed E-state index contributed by atoms with van der Waals surface area (Å²) < 4.78 is 6.79. The summed E-state index contributed by atoms with van der Waals surface area (Å²) in [7, 11) is 1.68. The largest absolute Gasteiger partial charge is 0.464 e. The average molecular weight is 337 g/mol. The quantitative estimate of drug-likeness (QED) is 0.717. The van der Waals surface area contributed by atoms with Crippen LogP contribution in [0.3, 0.4) is 0 Å². The van der Waals surface area contributed by atoms with Gasteiger partial charge in [0.2, 0.25) is 0 Å². The summed E-state index contributed by atoms with van der Waals surface area (Å²) in [5.74, 6) is 1.23. The molecule has 2 heterocycles. The highest BCUT2D eigenvalue weighted by Crippen LogP contribution is 2.10. The van der Waals surface area contributed by atoms with Crippen molar-refractivity contribution in [3.8, 4) is 0 Å². The van der Waals surface area contributed by atoms with Gasteiger partial charge in [0.25, 0.3) is 11.5 Å². The Morgan fingerprint density at radius 2 is 1.88 bits per heavy atom. The molecule has 0 aliphatic rings. The predicted octanol–water partition coefficient (Wildman–Crippen LogP) is 2.47. The summed E-state index contributed by atoms with van der Waals surface area (Å²) in [5, 5.41) is 4.22. The molecule has 6 heteroatoms. The van der Waals surface area contributed by atoms with Crippen LogP contribution in [0.15, 0.2) is 63.8 Å². The third-order valence-corrected chi connectivity index (χ3v) is 3.80. The summed E-state index contributed by atoms with van der Waals surface area (Å²) in [6.07, 6.45) is 0. The fourth-order valence-corrected chi connectivity index (χ4v) is 2.50. The van der Waals surface area contributed by atoms with E-state index in [2.05, 4.69) is 5.10 Å². The SMILES string of the molecule is Cc1ccc(CN(C)C(=O)c2ccc(=O)n(Cc3ccccc3)n2)o1. The minimum absolute atomic E-state index is 0.223. The Morgan fingerprint density at radius 3 is 2.56 bits per heavy atom. The van der Waals surface area contributed by atoms with E-state index in [4.69, 9.17) is 4.42 Å². The normalized spacial score (nSPS) is 10.6. The number of aryl methyl sites for hydroxylation is 1. The first-order valence-electron chi connectivity index (χ1n) is 7.96. The van der Waals surface area contributed by atoms with E-state index in [1.165, 1.54) is 21.7 Å². The van der Waals surface area contributed by atoms with Crippen molar-refractivity contribution < 1.29 is 9.21 Å². The second-order valence-corrected chi connectivity index (χ2v) is 5.87. The van der Waals surface area contributed by atoms with E-state index in [0.29, 0.717) is 18.8 Å². The van der Waals surface area contributed by atoms with E-state index in [1.807, 2.05) is 49.4 Å². The summed E-state index contributed by atoms with van der Waals surface area (Å²) in [5.41, 5.74) is 0.923. The van der Waals surface area contributed by atoms with Crippen LogP contribution in [-0.2, 0) is 13.1 Å². The van der Waals surface area contributed by atoms with Gasteiger partial charge in [-0.3, -0.25) is 9.59 Å². The van der Waals surface area contributed by atoms with Crippen molar-refractivity contribution in [2.45, 2.75) is 20.0 Å². The first-order chi connectivity index (χ1) is 12.0. The number of benzene rings is 1. The van der Waals surface area contributed by atoms with Crippen molar-refractivity contribution in [1.29, 1.82) is 0 Å². The number of furan rings is 1. The Kier molecular flexibility index (Phi) is 4.79. The highest BCUT2D eigenvalue weighted by Gasteiger charge is 2.16. The zero-order valence-corrected chi connectivity index (χ0v) is 14.2. The molecule has 0 fully saturated rings. The molecule has 0 radical (unpaired) electrons. The molecule has 3 aromatic rings. The van der Waals surface area contributed by atoms with Crippen LogP contribution in [0.1, 0.15) is 27.6 Å². The number of carbonyl (C=O) groups excluding carboxylic acids is 1. The molecule has 0 saturated heterocycles. The summed E-state index contributed by atoms with van der Waals surface area (Å²) in [6.45, 7) is 2.51. The zero-order valence-electron chi connectivity index (χ0n) is 14.2. The molecule has 6 nitrogen and oxygen atoms in total. The Bertz CT molecular complexity index is 928. The molecule has 128 valence electrons. The van der Waals surface area contributed by atoms with Crippen LogP contribution in [0.5, 0.6) is 0 Å². The number of nitrogens with zero attached hydrogens (tertiary/aromatic N) is 3. The van der Waals surface area contributed by atoms with Gasteiger partial charge in [0.05, 0.1) is 13.1 Å². The van der Waals surface area contributed by atoms with Gasteiger partial charge in [-0.15, -0.1) is 0 Å². The second kappa shape index (κ2) is 7.17. The molecule has 1 aromatic carbocycles. The summed E-state index contributed by atoms with van der Waals surface area (Å²) in [6, 6.07) is 16.0.